The molecule has 0 spiro atoms. The zero-order valence-electron chi connectivity index (χ0n) is 16.3. The van der Waals surface area contributed by atoms with Gasteiger partial charge in [0.15, 0.2) is 11.6 Å². The number of rotatable bonds is 6. The van der Waals surface area contributed by atoms with E-state index in [-0.39, 0.29) is 34.0 Å². The van der Waals surface area contributed by atoms with Gasteiger partial charge in [-0.15, -0.1) is 0 Å². The van der Waals surface area contributed by atoms with E-state index >= 15 is 0 Å². The van der Waals surface area contributed by atoms with Gasteiger partial charge in [-0.05, 0) is 38.0 Å². The van der Waals surface area contributed by atoms with Crippen LogP contribution in [-0.4, -0.2) is 41.5 Å². The van der Waals surface area contributed by atoms with E-state index in [0.717, 1.165) is 0 Å². The van der Waals surface area contributed by atoms with Crippen LogP contribution in [0.2, 0.25) is 10.0 Å². The van der Waals surface area contributed by atoms with Crippen LogP contribution in [0, 0.1) is 5.92 Å². The highest BCUT2D eigenvalue weighted by atomic mass is 35.5. The van der Waals surface area contributed by atoms with Crippen LogP contribution in [0.4, 0.5) is 17.3 Å². The van der Waals surface area contributed by atoms with Crippen LogP contribution >= 0.6 is 23.2 Å². The average Bonchev–Trinajstić information content (AvgIpc) is 2.73. The first-order chi connectivity index (χ1) is 14.4. The maximum atomic E-state index is 12.4. The van der Waals surface area contributed by atoms with Gasteiger partial charge in [-0.2, -0.15) is 0 Å². The second-order valence-electron chi connectivity index (χ2n) is 6.68. The fraction of sp³-hybridized carbons (Fsp3) is 0.368. The van der Waals surface area contributed by atoms with Crippen molar-refractivity contribution >= 4 is 52.4 Å². The lowest BCUT2D eigenvalue weighted by Gasteiger charge is -2.32. The molecule has 0 aliphatic carbocycles. The molecule has 1 aliphatic rings. The van der Waals surface area contributed by atoms with E-state index in [9.17, 15) is 9.59 Å². The van der Waals surface area contributed by atoms with Crippen LogP contribution in [0.1, 0.15) is 30.1 Å². The third-order valence-corrected chi connectivity index (χ3v) is 5.30. The summed E-state index contributed by atoms with van der Waals surface area (Å²) in [6, 6.07) is 4.57. The van der Waals surface area contributed by atoms with Crippen molar-refractivity contribution in [2.45, 2.75) is 19.8 Å². The lowest BCUT2D eigenvalue weighted by atomic mass is 9.97. The molecule has 1 saturated heterocycles. The van der Waals surface area contributed by atoms with Gasteiger partial charge in [-0.3, -0.25) is 20.4 Å². The molecule has 1 aromatic carbocycles. The number of halogens is 2. The number of hydrogen-bond acceptors (Lipinski definition) is 8. The fourth-order valence-electron chi connectivity index (χ4n) is 3.18. The SMILES string of the molecule is CCOC(=O)C1CCN(c2ncnc(NNC(=O)c3ccc(Cl)cc3Cl)c2N)CC1. The standard InChI is InChI=1S/C19H22Cl2N6O3/c1-2-30-19(29)11-5-7-27(8-6-11)17-15(22)16(23-10-24-17)25-26-18(28)13-4-3-12(20)9-14(13)21/h3-4,9-11H,2,5-8,22H2,1H3,(H,26,28)(H,23,24,25). The molecule has 2 aromatic rings. The van der Waals surface area contributed by atoms with E-state index in [4.69, 9.17) is 33.7 Å². The van der Waals surface area contributed by atoms with Crippen LogP contribution in [0.5, 0.6) is 0 Å². The Hall–Kier alpha value is -2.78. The first kappa shape index (κ1) is 21.9. The Balaban J connectivity index is 1.64. The molecule has 0 saturated carbocycles. The number of nitrogens with one attached hydrogen (secondary N) is 2. The van der Waals surface area contributed by atoms with E-state index < -0.39 is 5.91 Å². The van der Waals surface area contributed by atoms with Gasteiger partial charge in [-0.25, -0.2) is 9.97 Å². The van der Waals surface area contributed by atoms with Crippen molar-refractivity contribution in [1.29, 1.82) is 0 Å². The van der Waals surface area contributed by atoms with Crippen molar-refractivity contribution in [2.75, 3.05) is 35.8 Å². The molecule has 1 amide bonds. The molecule has 9 nitrogen and oxygen atoms in total. The second-order valence-corrected chi connectivity index (χ2v) is 7.52. The van der Waals surface area contributed by atoms with Crippen molar-refractivity contribution in [2.24, 2.45) is 5.92 Å². The molecule has 1 fully saturated rings. The highest BCUT2D eigenvalue weighted by Gasteiger charge is 2.28. The lowest BCUT2D eigenvalue weighted by molar-refractivity contribution is -0.148. The van der Waals surface area contributed by atoms with Crippen molar-refractivity contribution in [1.82, 2.24) is 15.4 Å². The fourth-order valence-corrected chi connectivity index (χ4v) is 3.68. The molecule has 0 unspecified atom stereocenters. The molecule has 11 heteroatoms. The summed E-state index contributed by atoms with van der Waals surface area (Å²) in [4.78, 5) is 34.6. The van der Waals surface area contributed by atoms with E-state index in [0.29, 0.717) is 43.4 Å². The number of carbonyl (C=O) groups excluding carboxylic acids is 2. The topological polar surface area (TPSA) is 122 Å². The van der Waals surface area contributed by atoms with Gasteiger partial charge in [0, 0.05) is 18.1 Å². The van der Waals surface area contributed by atoms with Crippen LogP contribution in [0.3, 0.4) is 0 Å². The van der Waals surface area contributed by atoms with E-state index in [1.165, 1.54) is 18.5 Å². The number of anilines is 3. The van der Waals surface area contributed by atoms with Crippen molar-refractivity contribution < 1.29 is 14.3 Å². The van der Waals surface area contributed by atoms with Crippen LogP contribution in [0.25, 0.3) is 0 Å². The van der Waals surface area contributed by atoms with Crippen molar-refractivity contribution in [3.8, 4) is 0 Å². The van der Waals surface area contributed by atoms with Crippen LogP contribution in [0.15, 0.2) is 24.5 Å². The molecule has 1 aliphatic heterocycles. The number of ether oxygens (including phenoxy) is 1. The Bertz CT molecular complexity index is 934. The normalized spacial score (nSPS) is 14.3. The summed E-state index contributed by atoms with van der Waals surface area (Å²) >= 11 is 11.9. The number of nitrogens with zero attached hydrogens (tertiary/aromatic N) is 3. The van der Waals surface area contributed by atoms with Crippen molar-refractivity contribution in [3.05, 3.63) is 40.1 Å². The predicted octanol–water partition coefficient (Wildman–Crippen LogP) is 2.90. The predicted molar refractivity (Wildman–Crippen MR) is 116 cm³/mol. The number of benzene rings is 1. The van der Waals surface area contributed by atoms with Gasteiger partial charge < -0.3 is 15.4 Å². The van der Waals surface area contributed by atoms with Gasteiger partial charge in [0.05, 0.1) is 23.1 Å². The number of amides is 1. The average molecular weight is 453 g/mol. The maximum absolute atomic E-state index is 12.4. The summed E-state index contributed by atoms with van der Waals surface area (Å²) in [6.45, 7) is 3.39. The number of nitrogen functional groups attached to an aromatic ring is 1. The molecule has 30 heavy (non-hydrogen) atoms. The van der Waals surface area contributed by atoms with E-state index in [1.54, 1.807) is 13.0 Å². The number of aromatic nitrogens is 2. The zero-order valence-corrected chi connectivity index (χ0v) is 17.8. The molecular weight excluding hydrogens is 431 g/mol. The zero-order chi connectivity index (χ0) is 21.7. The van der Waals surface area contributed by atoms with Gasteiger partial charge in [-0.1, -0.05) is 23.2 Å². The van der Waals surface area contributed by atoms with Crippen LogP contribution < -0.4 is 21.5 Å². The molecule has 0 bridgehead atoms. The maximum Gasteiger partial charge on any atom is 0.309 e. The molecule has 0 radical (unpaired) electrons. The summed E-state index contributed by atoms with van der Waals surface area (Å²) in [5.74, 6) is 0.0371. The summed E-state index contributed by atoms with van der Waals surface area (Å²) in [6.07, 6.45) is 2.65. The Labute approximate surface area is 183 Å². The van der Waals surface area contributed by atoms with Crippen molar-refractivity contribution in [3.63, 3.8) is 0 Å². The summed E-state index contributed by atoms with van der Waals surface area (Å²) in [5.41, 5.74) is 12.0. The molecule has 1 aromatic heterocycles. The van der Waals surface area contributed by atoms with Crippen LogP contribution in [-0.2, 0) is 9.53 Å². The van der Waals surface area contributed by atoms with E-state index in [2.05, 4.69) is 20.8 Å². The Morgan fingerprint density at radius 2 is 2.00 bits per heavy atom. The van der Waals surface area contributed by atoms with E-state index in [1.807, 2.05) is 4.90 Å². The number of hydrazine groups is 1. The number of nitrogens with two attached hydrogens (primary N) is 1. The third-order valence-electron chi connectivity index (χ3n) is 4.75. The first-order valence-electron chi connectivity index (χ1n) is 9.44. The number of piperidine rings is 1. The minimum Gasteiger partial charge on any atom is -0.466 e. The minimum atomic E-state index is -0.466. The Morgan fingerprint density at radius 3 is 2.67 bits per heavy atom. The van der Waals surface area contributed by atoms with Gasteiger partial charge in [0.2, 0.25) is 0 Å². The Morgan fingerprint density at radius 1 is 1.27 bits per heavy atom. The Kier molecular flexibility index (Phi) is 7.17. The third kappa shape index (κ3) is 5.03. The molecule has 3 rings (SSSR count). The van der Waals surface area contributed by atoms with Gasteiger partial charge in [0.25, 0.3) is 5.91 Å². The molecule has 0 atom stereocenters. The monoisotopic (exact) mass is 452 g/mol. The smallest absolute Gasteiger partial charge is 0.309 e. The first-order valence-corrected chi connectivity index (χ1v) is 10.2. The second kappa shape index (κ2) is 9.82. The quantitative estimate of drug-likeness (QED) is 0.451. The highest BCUT2D eigenvalue weighted by molar-refractivity contribution is 6.36. The largest absolute Gasteiger partial charge is 0.466 e. The molecule has 160 valence electrons. The minimum absolute atomic E-state index is 0.120. The summed E-state index contributed by atoms with van der Waals surface area (Å²) < 4.78 is 5.10. The van der Waals surface area contributed by atoms with Gasteiger partial charge in [0.1, 0.15) is 12.0 Å². The lowest BCUT2D eigenvalue weighted by Crippen LogP contribution is -2.38. The highest BCUT2D eigenvalue weighted by Crippen LogP contribution is 2.30. The van der Waals surface area contributed by atoms with Gasteiger partial charge >= 0.3 is 5.97 Å². The summed E-state index contributed by atoms with van der Waals surface area (Å²) in [5, 5.41) is 0.656. The summed E-state index contributed by atoms with van der Waals surface area (Å²) in [7, 11) is 0. The number of hydrogen-bond donors (Lipinski definition) is 3. The number of carbonyl (C=O) groups is 2. The molecular formula is C19H22Cl2N6O3. The molecule has 4 N–H and O–H groups in total. The number of esters is 1. The molecule has 2 heterocycles.